The first-order valence-corrected chi connectivity index (χ1v) is 7.17. The van der Waals surface area contributed by atoms with Gasteiger partial charge in [0.05, 0.1) is 5.69 Å². The lowest BCUT2D eigenvalue weighted by Crippen LogP contribution is -1.90. The highest BCUT2D eigenvalue weighted by Gasteiger charge is 2.11. The Labute approximate surface area is 123 Å². The van der Waals surface area contributed by atoms with Crippen LogP contribution in [0, 0.1) is 6.92 Å². The van der Waals surface area contributed by atoms with Gasteiger partial charge in [-0.1, -0.05) is 60.7 Å². The summed E-state index contributed by atoms with van der Waals surface area (Å²) in [5.74, 6) is 0. The molecule has 0 radical (unpaired) electrons. The summed E-state index contributed by atoms with van der Waals surface area (Å²) in [5, 5.41) is 4.96. The molecule has 4 rings (SSSR count). The Hall–Kier alpha value is -2.67. The molecule has 0 aliphatic heterocycles. The number of benzene rings is 3. The van der Waals surface area contributed by atoms with Gasteiger partial charge in [0.2, 0.25) is 0 Å². The first-order valence-electron chi connectivity index (χ1n) is 7.17. The maximum Gasteiger partial charge on any atom is 0.0789 e. The number of aromatic nitrogens is 1. The van der Waals surface area contributed by atoms with Gasteiger partial charge in [0.1, 0.15) is 0 Å². The first-order chi connectivity index (χ1) is 10.3. The zero-order valence-corrected chi connectivity index (χ0v) is 11.9. The van der Waals surface area contributed by atoms with E-state index in [1.807, 2.05) is 6.20 Å². The van der Waals surface area contributed by atoms with Gasteiger partial charge in [0.25, 0.3) is 0 Å². The predicted octanol–water partition coefficient (Wildman–Crippen LogP) is 5.36. The third-order valence-corrected chi connectivity index (χ3v) is 4.05. The van der Waals surface area contributed by atoms with E-state index in [2.05, 4.69) is 78.6 Å². The SMILES string of the molecule is Cc1ccc2ccccc2c1-c1nccc2ccccc12. The molecule has 1 nitrogen and oxygen atoms in total. The minimum atomic E-state index is 1.07. The van der Waals surface area contributed by atoms with E-state index in [4.69, 9.17) is 0 Å². The molecule has 0 atom stereocenters. The highest BCUT2D eigenvalue weighted by atomic mass is 14.7. The van der Waals surface area contributed by atoms with Crippen molar-refractivity contribution in [1.82, 2.24) is 4.98 Å². The summed E-state index contributed by atoms with van der Waals surface area (Å²) in [6, 6.07) is 23.4. The van der Waals surface area contributed by atoms with Crippen molar-refractivity contribution < 1.29 is 0 Å². The van der Waals surface area contributed by atoms with Crippen molar-refractivity contribution in [2.75, 3.05) is 0 Å². The minimum absolute atomic E-state index is 1.07. The van der Waals surface area contributed by atoms with Crippen LogP contribution in [0.2, 0.25) is 0 Å². The molecular formula is C20H15N. The van der Waals surface area contributed by atoms with E-state index in [1.165, 1.54) is 32.7 Å². The Morgan fingerprint density at radius 3 is 2.14 bits per heavy atom. The van der Waals surface area contributed by atoms with E-state index in [9.17, 15) is 0 Å². The van der Waals surface area contributed by atoms with Gasteiger partial charge in [0, 0.05) is 17.1 Å². The van der Waals surface area contributed by atoms with Gasteiger partial charge in [-0.05, 0) is 34.7 Å². The standard InChI is InChI=1S/C20H15N/c1-14-10-11-15-6-2-4-8-17(15)19(14)20-18-9-5-3-7-16(18)12-13-21-20/h2-13H,1H3. The van der Waals surface area contributed by atoms with Crippen LogP contribution >= 0.6 is 0 Å². The highest BCUT2D eigenvalue weighted by Crippen LogP contribution is 2.34. The van der Waals surface area contributed by atoms with Gasteiger partial charge in [-0.2, -0.15) is 0 Å². The molecule has 0 saturated heterocycles. The molecule has 0 bridgehead atoms. The predicted molar refractivity (Wildman–Crippen MR) is 89.4 cm³/mol. The molecule has 4 aromatic rings. The van der Waals surface area contributed by atoms with E-state index in [1.54, 1.807) is 0 Å². The molecule has 0 spiro atoms. The van der Waals surface area contributed by atoms with Crippen LogP contribution in [0.25, 0.3) is 32.8 Å². The molecule has 1 aromatic heterocycles. The Kier molecular flexibility index (Phi) is 2.71. The molecule has 1 heteroatoms. The quantitative estimate of drug-likeness (QED) is 0.453. The largest absolute Gasteiger partial charge is 0.256 e. The average molecular weight is 269 g/mol. The summed E-state index contributed by atoms with van der Waals surface area (Å²) in [5.41, 5.74) is 3.57. The molecule has 0 amide bonds. The van der Waals surface area contributed by atoms with Gasteiger partial charge in [-0.15, -0.1) is 0 Å². The van der Waals surface area contributed by atoms with Crippen LogP contribution in [-0.2, 0) is 0 Å². The van der Waals surface area contributed by atoms with E-state index < -0.39 is 0 Å². The zero-order valence-electron chi connectivity index (χ0n) is 11.9. The fraction of sp³-hybridized carbons (Fsp3) is 0.0500. The summed E-state index contributed by atoms with van der Waals surface area (Å²) in [4.78, 5) is 4.69. The number of rotatable bonds is 1. The summed E-state index contributed by atoms with van der Waals surface area (Å²) in [6.07, 6.45) is 1.90. The van der Waals surface area contributed by atoms with Gasteiger partial charge >= 0.3 is 0 Å². The van der Waals surface area contributed by atoms with E-state index in [0.29, 0.717) is 0 Å². The molecule has 0 N–H and O–H groups in total. The van der Waals surface area contributed by atoms with Crippen LogP contribution in [0.3, 0.4) is 0 Å². The Balaban J connectivity index is 2.16. The maximum atomic E-state index is 4.69. The molecule has 100 valence electrons. The number of aryl methyl sites for hydroxylation is 1. The fourth-order valence-electron chi connectivity index (χ4n) is 3.01. The third-order valence-electron chi connectivity index (χ3n) is 4.05. The van der Waals surface area contributed by atoms with Crippen LogP contribution < -0.4 is 0 Å². The van der Waals surface area contributed by atoms with Crippen molar-refractivity contribution >= 4 is 21.5 Å². The molecule has 3 aromatic carbocycles. The molecule has 0 saturated carbocycles. The number of hydrogen-bond acceptors (Lipinski definition) is 1. The van der Waals surface area contributed by atoms with Crippen LogP contribution in [0.15, 0.2) is 72.9 Å². The fourth-order valence-corrected chi connectivity index (χ4v) is 3.01. The topological polar surface area (TPSA) is 12.9 Å². The van der Waals surface area contributed by atoms with Gasteiger partial charge in [0.15, 0.2) is 0 Å². The zero-order chi connectivity index (χ0) is 14.2. The van der Waals surface area contributed by atoms with Crippen LogP contribution in [0.4, 0.5) is 0 Å². The monoisotopic (exact) mass is 269 g/mol. The van der Waals surface area contributed by atoms with Crippen molar-refractivity contribution in [2.45, 2.75) is 6.92 Å². The van der Waals surface area contributed by atoms with Crippen LogP contribution in [0.1, 0.15) is 5.56 Å². The normalized spacial score (nSPS) is 11.1. The van der Waals surface area contributed by atoms with E-state index in [-0.39, 0.29) is 0 Å². The van der Waals surface area contributed by atoms with Crippen molar-refractivity contribution in [3.05, 3.63) is 78.5 Å². The van der Waals surface area contributed by atoms with E-state index in [0.717, 1.165) is 5.69 Å². The lowest BCUT2D eigenvalue weighted by atomic mass is 9.94. The molecule has 21 heavy (non-hydrogen) atoms. The third kappa shape index (κ3) is 1.90. The summed E-state index contributed by atoms with van der Waals surface area (Å²) < 4.78 is 0. The molecule has 0 unspecified atom stereocenters. The minimum Gasteiger partial charge on any atom is -0.256 e. The number of fused-ring (bicyclic) bond motifs is 2. The van der Waals surface area contributed by atoms with Crippen molar-refractivity contribution in [2.24, 2.45) is 0 Å². The van der Waals surface area contributed by atoms with Crippen LogP contribution in [0.5, 0.6) is 0 Å². The number of pyridine rings is 1. The smallest absolute Gasteiger partial charge is 0.0789 e. The van der Waals surface area contributed by atoms with Crippen molar-refractivity contribution in [1.29, 1.82) is 0 Å². The van der Waals surface area contributed by atoms with Gasteiger partial charge in [-0.25, -0.2) is 0 Å². The second-order valence-corrected chi connectivity index (χ2v) is 5.36. The van der Waals surface area contributed by atoms with Crippen molar-refractivity contribution in [3.63, 3.8) is 0 Å². The first kappa shape index (κ1) is 12.1. The Bertz CT molecular complexity index is 949. The van der Waals surface area contributed by atoms with Crippen molar-refractivity contribution in [3.8, 4) is 11.3 Å². The molecule has 1 heterocycles. The Morgan fingerprint density at radius 1 is 0.667 bits per heavy atom. The second kappa shape index (κ2) is 4.71. The lowest BCUT2D eigenvalue weighted by molar-refractivity contribution is 1.34. The van der Waals surface area contributed by atoms with Gasteiger partial charge in [-0.3, -0.25) is 4.98 Å². The van der Waals surface area contributed by atoms with Gasteiger partial charge < -0.3 is 0 Å². The molecular weight excluding hydrogens is 254 g/mol. The second-order valence-electron chi connectivity index (χ2n) is 5.36. The molecule has 0 fully saturated rings. The summed E-state index contributed by atoms with van der Waals surface area (Å²) >= 11 is 0. The van der Waals surface area contributed by atoms with Crippen LogP contribution in [-0.4, -0.2) is 4.98 Å². The maximum absolute atomic E-state index is 4.69. The lowest BCUT2D eigenvalue weighted by Gasteiger charge is -2.12. The summed E-state index contributed by atoms with van der Waals surface area (Å²) in [7, 11) is 0. The number of nitrogens with zero attached hydrogens (tertiary/aromatic N) is 1. The Morgan fingerprint density at radius 2 is 1.33 bits per heavy atom. The molecule has 0 aliphatic carbocycles. The average Bonchev–Trinajstić information content (AvgIpc) is 2.54. The summed E-state index contributed by atoms with van der Waals surface area (Å²) in [6.45, 7) is 2.16. The highest BCUT2D eigenvalue weighted by molar-refractivity contribution is 6.04. The molecule has 0 aliphatic rings. The number of hydrogen-bond donors (Lipinski definition) is 0. The van der Waals surface area contributed by atoms with E-state index >= 15 is 0 Å².